The van der Waals surface area contributed by atoms with Gasteiger partial charge in [0, 0.05) is 21.9 Å². The molecule has 1 heterocycles. The summed E-state index contributed by atoms with van der Waals surface area (Å²) >= 11 is 6.12. The highest BCUT2D eigenvalue weighted by Gasteiger charge is 2.15. The summed E-state index contributed by atoms with van der Waals surface area (Å²) in [6, 6.07) is 15.9. The summed E-state index contributed by atoms with van der Waals surface area (Å²) in [5.74, 6) is 0. The molecule has 0 bridgehead atoms. The minimum absolute atomic E-state index is 0.622. The van der Waals surface area contributed by atoms with Gasteiger partial charge in [0.2, 0.25) is 0 Å². The van der Waals surface area contributed by atoms with E-state index in [4.69, 9.17) is 11.6 Å². The Morgan fingerprint density at radius 1 is 1.05 bits per heavy atom. The van der Waals surface area contributed by atoms with Crippen molar-refractivity contribution in [3.8, 4) is 0 Å². The molecule has 0 saturated carbocycles. The summed E-state index contributed by atoms with van der Waals surface area (Å²) in [6.45, 7) is 2.62. The van der Waals surface area contributed by atoms with Crippen molar-refractivity contribution >= 4 is 28.7 Å². The second kappa shape index (κ2) is 4.98. The van der Waals surface area contributed by atoms with Crippen molar-refractivity contribution in [2.24, 2.45) is 9.98 Å². The molecule has 2 aromatic carbocycles. The van der Waals surface area contributed by atoms with Gasteiger partial charge >= 0.3 is 0 Å². The second-order valence-corrected chi connectivity index (χ2v) is 4.98. The Bertz CT molecular complexity index is 672. The smallest absolute Gasteiger partial charge is 0.0777 e. The molecular weight excluding hydrogens is 256 g/mol. The van der Waals surface area contributed by atoms with Crippen molar-refractivity contribution in [3.63, 3.8) is 0 Å². The van der Waals surface area contributed by atoms with E-state index < -0.39 is 0 Å². The maximum absolute atomic E-state index is 6.12. The topological polar surface area (TPSA) is 24.7 Å². The summed E-state index contributed by atoms with van der Waals surface area (Å²) in [4.78, 5) is 9.28. The summed E-state index contributed by atoms with van der Waals surface area (Å²) in [5.41, 5.74) is 4.99. The van der Waals surface area contributed by atoms with Gasteiger partial charge in [0.1, 0.15) is 0 Å². The molecule has 1 aliphatic rings. The highest BCUT2D eigenvalue weighted by molar-refractivity contribution is 6.31. The molecule has 0 fully saturated rings. The first-order chi connectivity index (χ1) is 9.24. The number of nitrogens with zero attached hydrogens (tertiary/aromatic N) is 2. The summed E-state index contributed by atoms with van der Waals surface area (Å²) in [7, 11) is 0. The minimum Gasteiger partial charge on any atom is -0.278 e. The standard InChI is InChI=1S/C16H13ClN2/c1-11-10-18-16(12-5-3-2-4-6-12)14-9-13(17)7-8-15(14)19-11/h2-9H,10H2,1H3. The third kappa shape index (κ3) is 2.45. The molecule has 94 valence electrons. The summed E-state index contributed by atoms with van der Waals surface area (Å²) in [5, 5.41) is 0.706. The first-order valence-corrected chi connectivity index (χ1v) is 6.56. The first-order valence-electron chi connectivity index (χ1n) is 6.18. The van der Waals surface area contributed by atoms with Gasteiger partial charge in [-0.3, -0.25) is 9.98 Å². The molecular formula is C16H13ClN2. The van der Waals surface area contributed by atoms with Crippen LogP contribution in [0.25, 0.3) is 0 Å². The Morgan fingerprint density at radius 3 is 2.63 bits per heavy atom. The van der Waals surface area contributed by atoms with E-state index in [0.29, 0.717) is 11.6 Å². The van der Waals surface area contributed by atoms with Crippen LogP contribution in [0.2, 0.25) is 5.02 Å². The van der Waals surface area contributed by atoms with E-state index in [0.717, 1.165) is 28.2 Å². The van der Waals surface area contributed by atoms with Crippen molar-refractivity contribution in [3.05, 3.63) is 64.7 Å². The molecule has 0 amide bonds. The van der Waals surface area contributed by atoms with Gasteiger partial charge in [0.25, 0.3) is 0 Å². The lowest BCUT2D eigenvalue weighted by molar-refractivity contribution is 1.28. The van der Waals surface area contributed by atoms with E-state index in [1.165, 1.54) is 0 Å². The molecule has 19 heavy (non-hydrogen) atoms. The molecule has 0 radical (unpaired) electrons. The van der Waals surface area contributed by atoms with Gasteiger partial charge in [-0.05, 0) is 25.1 Å². The lowest BCUT2D eigenvalue weighted by atomic mass is 10.0. The van der Waals surface area contributed by atoms with Gasteiger partial charge in [-0.1, -0.05) is 41.9 Å². The van der Waals surface area contributed by atoms with Gasteiger partial charge in [-0.15, -0.1) is 0 Å². The Balaban J connectivity index is 2.21. The number of hydrogen-bond donors (Lipinski definition) is 0. The van der Waals surface area contributed by atoms with Crippen molar-refractivity contribution in [2.45, 2.75) is 6.92 Å². The Morgan fingerprint density at radius 2 is 1.84 bits per heavy atom. The fraction of sp³-hybridized carbons (Fsp3) is 0.125. The van der Waals surface area contributed by atoms with E-state index in [9.17, 15) is 0 Å². The number of aliphatic imine (C=N–C) groups is 2. The van der Waals surface area contributed by atoms with Crippen molar-refractivity contribution in [1.82, 2.24) is 0 Å². The van der Waals surface area contributed by atoms with Crippen molar-refractivity contribution < 1.29 is 0 Å². The summed E-state index contributed by atoms with van der Waals surface area (Å²) in [6.07, 6.45) is 0. The van der Waals surface area contributed by atoms with Gasteiger partial charge in [-0.2, -0.15) is 0 Å². The fourth-order valence-electron chi connectivity index (χ4n) is 2.16. The molecule has 0 unspecified atom stereocenters. The summed E-state index contributed by atoms with van der Waals surface area (Å²) < 4.78 is 0. The van der Waals surface area contributed by atoms with E-state index >= 15 is 0 Å². The fourth-order valence-corrected chi connectivity index (χ4v) is 2.33. The number of benzene rings is 2. The number of rotatable bonds is 1. The van der Waals surface area contributed by atoms with Crippen LogP contribution in [0, 0.1) is 0 Å². The van der Waals surface area contributed by atoms with Crippen LogP contribution in [0.5, 0.6) is 0 Å². The number of halogens is 1. The van der Waals surface area contributed by atoms with Gasteiger partial charge in [0.15, 0.2) is 0 Å². The van der Waals surface area contributed by atoms with Crippen LogP contribution in [0.3, 0.4) is 0 Å². The number of fused-ring (bicyclic) bond motifs is 1. The van der Waals surface area contributed by atoms with Gasteiger partial charge in [0.05, 0.1) is 17.9 Å². The zero-order valence-corrected chi connectivity index (χ0v) is 11.4. The third-order valence-corrected chi connectivity index (χ3v) is 3.27. The van der Waals surface area contributed by atoms with E-state index in [1.807, 2.05) is 43.3 Å². The van der Waals surface area contributed by atoms with Crippen LogP contribution >= 0.6 is 11.6 Å². The maximum Gasteiger partial charge on any atom is 0.0777 e. The maximum atomic E-state index is 6.12. The van der Waals surface area contributed by atoms with Crippen LogP contribution < -0.4 is 0 Å². The van der Waals surface area contributed by atoms with Crippen molar-refractivity contribution in [2.75, 3.05) is 6.54 Å². The van der Waals surface area contributed by atoms with Gasteiger partial charge in [-0.25, -0.2) is 0 Å². The van der Waals surface area contributed by atoms with E-state index in [2.05, 4.69) is 22.1 Å². The van der Waals surface area contributed by atoms with Crippen LogP contribution in [-0.2, 0) is 0 Å². The zero-order valence-electron chi connectivity index (χ0n) is 10.6. The highest BCUT2D eigenvalue weighted by atomic mass is 35.5. The lowest BCUT2D eigenvalue weighted by Gasteiger charge is -2.08. The SMILES string of the molecule is CC1=Nc2ccc(Cl)cc2C(c2ccccc2)=NC1. The number of hydrogen-bond acceptors (Lipinski definition) is 2. The van der Waals surface area contributed by atoms with Crippen molar-refractivity contribution in [1.29, 1.82) is 0 Å². The predicted molar refractivity (Wildman–Crippen MR) is 81.2 cm³/mol. The Kier molecular flexibility index (Phi) is 3.18. The first kappa shape index (κ1) is 12.1. The monoisotopic (exact) mass is 268 g/mol. The molecule has 0 aromatic heterocycles. The Hall–Kier alpha value is -1.93. The molecule has 0 N–H and O–H groups in total. The average Bonchev–Trinajstić information content (AvgIpc) is 2.58. The van der Waals surface area contributed by atoms with Crippen LogP contribution in [0.15, 0.2) is 58.5 Å². The van der Waals surface area contributed by atoms with Crippen LogP contribution in [0.1, 0.15) is 18.1 Å². The normalized spacial score (nSPS) is 14.2. The molecule has 0 saturated heterocycles. The van der Waals surface area contributed by atoms with Crippen LogP contribution in [-0.4, -0.2) is 18.0 Å². The van der Waals surface area contributed by atoms with E-state index in [-0.39, 0.29) is 0 Å². The minimum atomic E-state index is 0.622. The second-order valence-electron chi connectivity index (χ2n) is 4.54. The average molecular weight is 269 g/mol. The molecule has 0 spiro atoms. The van der Waals surface area contributed by atoms with E-state index in [1.54, 1.807) is 0 Å². The molecule has 2 aromatic rings. The quantitative estimate of drug-likeness (QED) is 0.737. The molecule has 0 aliphatic carbocycles. The molecule has 3 heteroatoms. The molecule has 3 rings (SSSR count). The lowest BCUT2D eigenvalue weighted by Crippen LogP contribution is -2.04. The highest BCUT2D eigenvalue weighted by Crippen LogP contribution is 2.28. The largest absolute Gasteiger partial charge is 0.278 e. The molecule has 0 atom stereocenters. The van der Waals surface area contributed by atoms with Gasteiger partial charge < -0.3 is 0 Å². The third-order valence-electron chi connectivity index (χ3n) is 3.04. The predicted octanol–water partition coefficient (Wildman–Crippen LogP) is 4.28. The Labute approximate surface area is 117 Å². The molecule has 2 nitrogen and oxygen atoms in total. The molecule has 1 aliphatic heterocycles. The zero-order chi connectivity index (χ0) is 13.2. The van der Waals surface area contributed by atoms with Crippen LogP contribution in [0.4, 0.5) is 5.69 Å².